The zero-order chi connectivity index (χ0) is 15.6. The lowest BCUT2D eigenvalue weighted by atomic mass is 9.94. The molecule has 0 aromatic rings. The molecular weight excluding hydrogens is 284 g/mol. The maximum absolute atomic E-state index is 12.8. The van der Waals surface area contributed by atoms with Gasteiger partial charge >= 0.3 is 0 Å². The van der Waals surface area contributed by atoms with E-state index in [4.69, 9.17) is 0 Å². The summed E-state index contributed by atoms with van der Waals surface area (Å²) in [7, 11) is 0. The van der Waals surface area contributed by atoms with Crippen molar-refractivity contribution in [2.24, 2.45) is 5.92 Å². The number of amides is 2. The molecule has 1 saturated carbocycles. The van der Waals surface area contributed by atoms with Gasteiger partial charge in [-0.1, -0.05) is 27.7 Å². The number of rotatable bonds is 5. The number of piperazine rings is 1. The van der Waals surface area contributed by atoms with Crippen molar-refractivity contribution in [3.63, 3.8) is 0 Å². The number of carbonyl (C=O) groups is 2. The van der Waals surface area contributed by atoms with Gasteiger partial charge in [0, 0.05) is 11.3 Å². The lowest BCUT2D eigenvalue weighted by Crippen LogP contribution is -2.66. The largest absolute Gasteiger partial charge is 0.343 e. The molecule has 4 nitrogen and oxygen atoms in total. The van der Waals surface area contributed by atoms with Crippen molar-refractivity contribution in [3.05, 3.63) is 0 Å². The quantitative estimate of drug-likeness (QED) is 0.848. The zero-order valence-corrected chi connectivity index (χ0v) is 14.4. The second-order valence-electron chi connectivity index (χ2n) is 6.45. The van der Waals surface area contributed by atoms with Crippen molar-refractivity contribution >= 4 is 23.6 Å². The fourth-order valence-corrected chi connectivity index (χ4v) is 4.76. The predicted octanol–water partition coefficient (Wildman–Crippen LogP) is 2.42. The van der Waals surface area contributed by atoms with E-state index in [-0.39, 0.29) is 35.9 Å². The highest BCUT2D eigenvalue weighted by Crippen LogP contribution is 2.35. The van der Waals surface area contributed by atoms with Gasteiger partial charge in [-0.3, -0.25) is 9.59 Å². The Morgan fingerprint density at radius 3 is 2.57 bits per heavy atom. The van der Waals surface area contributed by atoms with E-state index in [0.29, 0.717) is 11.7 Å². The van der Waals surface area contributed by atoms with Crippen LogP contribution < -0.4 is 5.32 Å². The molecule has 21 heavy (non-hydrogen) atoms. The molecule has 2 aliphatic rings. The standard InChI is InChI=1S/C16H28N2O2S/c1-5-13-16(20)18(14(10(3)4)15(19)17-13)11-7-8-12(9-11)21-6-2/h10-14H,5-9H2,1-4H3,(H,17,19). The fraction of sp³-hybridized carbons (Fsp3) is 0.875. The third-order valence-electron chi connectivity index (χ3n) is 4.63. The summed E-state index contributed by atoms with van der Waals surface area (Å²) in [5.41, 5.74) is 0. The summed E-state index contributed by atoms with van der Waals surface area (Å²) in [6.45, 7) is 8.21. The van der Waals surface area contributed by atoms with Gasteiger partial charge < -0.3 is 10.2 Å². The Hall–Kier alpha value is -0.710. The zero-order valence-electron chi connectivity index (χ0n) is 13.6. The van der Waals surface area contributed by atoms with Crippen LogP contribution in [0.3, 0.4) is 0 Å². The van der Waals surface area contributed by atoms with Gasteiger partial charge in [-0.05, 0) is 37.4 Å². The Kier molecular flexibility index (Phi) is 5.58. The molecule has 4 atom stereocenters. The third kappa shape index (κ3) is 3.38. The maximum atomic E-state index is 12.8. The summed E-state index contributed by atoms with van der Waals surface area (Å²) in [4.78, 5) is 27.1. The molecule has 4 unspecified atom stereocenters. The third-order valence-corrected chi connectivity index (χ3v) is 5.86. The van der Waals surface area contributed by atoms with Gasteiger partial charge in [-0.15, -0.1) is 0 Å². The van der Waals surface area contributed by atoms with Crippen LogP contribution in [0, 0.1) is 5.92 Å². The Morgan fingerprint density at radius 2 is 2.00 bits per heavy atom. The summed E-state index contributed by atoms with van der Waals surface area (Å²) in [6.07, 6.45) is 3.91. The number of carbonyl (C=O) groups excluding carboxylic acids is 2. The van der Waals surface area contributed by atoms with Gasteiger partial charge in [0.1, 0.15) is 12.1 Å². The van der Waals surface area contributed by atoms with Crippen LogP contribution in [0.4, 0.5) is 0 Å². The van der Waals surface area contributed by atoms with Crippen LogP contribution in [0.5, 0.6) is 0 Å². The van der Waals surface area contributed by atoms with E-state index in [9.17, 15) is 9.59 Å². The summed E-state index contributed by atoms with van der Waals surface area (Å²) in [5.74, 6) is 1.44. The molecule has 5 heteroatoms. The molecule has 2 rings (SSSR count). The van der Waals surface area contributed by atoms with Crippen LogP contribution in [-0.4, -0.2) is 45.8 Å². The van der Waals surface area contributed by atoms with E-state index >= 15 is 0 Å². The van der Waals surface area contributed by atoms with E-state index in [1.165, 1.54) is 0 Å². The molecule has 2 fully saturated rings. The Bertz CT molecular complexity index is 400. The first-order chi connectivity index (χ1) is 9.99. The van der Waals surface area contributed by atoms with Gasteiger partial charge in [-0.2, -0.15) is 11.8 Å². The SMILES string of the molecule is CCSC1CCC(N2C(=O)C(CC)NC(=O)C2C(C)C)C1. The molecule has 1 saturated heterocycles. The number of nitrogens with zero attached hydrogens (tertiary/aromatic N) is 1. The second kappa shape index (κ2) is 7.03. The molecule has 1 aliphatic carbocycles. The molecule has 1 heterocycles. The van der Waals surface area contributed by atoms with Crippen molar-refractivity contribution in [1.29, 1.82) is 0 Å². The van der Waals surface area contributed by atoms with E-state index in [1.807, 2.05) is 37.4 Å². The Labute approximate surface area is 132 Å². The maximum Gasteiger partial charge on any atom is 0.246 e. The average molecular weight is 312 g/mol. The summed E-state index contributed by atoms with van der Waals surface area (Å²) >= 11 is 1.99. The summed E-state index contributed by atoms with van der Waals surface area (Å²) in [6, 6.07) is -0.380. The first kappa shape index (κ1) is 16.7. The minimum atomic E-state index is -0.328. The lowest BCUT2D eigenvalue weighted by Gasteiger charge is -2.44. The topological polar surface area (TPSA) is 49.4 Å². The minimum absolute atomic E-state index is 0.0306. The van der Waals surface area contributed by atoms with Crippen molar-refractivity contribution < 1.29 is 9.59 Å². The number of hydrogen-bond acceptors (Lipinski definition) is 3. The van der Waals surface area contributed by atoms with Crippen LogP contribution in [0.2, 0.25) is 0 Å². The fourth-order valence-electron chi connectivity index (χ4n) is 3.63. The molecule has 0 bridgehead atoms. The summed E-state index contributed by atoms with van der Waals surface area (Å²) in [5, 5.41) is 3.55. The molecule has 2 amide bonds. The van der Waals surface area contributed by atoms with Gasteiger partial charge in [-0.25, -0.2) is 0 Å². The molecule has 120 valence electrons. The minimum Gasteiger partial charge on any atom is -0.343 e. The van der Waals surface area contributed by atoms with Crippen molar-refractivity contribution in [2.45, 2.75) is 76.8 Å². The van der Waals surface area contributed by atoms with E-state index in [2.05, 4.69) is 12.2 Å². The first-order valence-corrected chi connectivity index (χ1v) is 9.28. The second-order valence-corrected chi connectivity index (χ2v) is 8.03. The highest BCUT2D eigenvalue weighted by molar-refractivity contribution is 7.99. The summed E-state index contributed by atoms with van der Waals surface area (Å²) < 4.78 is 0. The van der Waals surface area contributed by atoms with E-state index in [1.54, 1.807) is 0 Å². The monoisotopic (exact) mass is 312 g/mol. The smallest absolute Gasteiger partial charge is 0.246 e. The molecule has 0 radical (unpaired) electrons. The highest BCUT2D eigenvalue weighted by Gasteiger charge is 2.46. The van der Waals surface area contributed by atoms with E-state index < -0.39 is 0 Å². The van der Waals surface area contributed by atoms with Crippen LogP contribution in [-0.2, 0) is 9.59 Å². The first-order valence-electron chi connectivity index (χ1n) is 8.23. The molecule has 0 spiro atoms. The number of thioether (sulfide) groups is 1. The van der Waals surface area contributed by atoms with Crippen molar-refractivity contribution in [1.82, 2.24) is 10.2 Å². The number of hydrogen-bond donors (Lipinski definition) is 1. The molecular formula is C16H28N2O2S. The van der Waals surface area contributed by atoms with E-state index in [0.717, 1.165) is 25.0 Å². The lowest BCUT2D eigenvalue weighted by molar-refractivity contribution is -0.154. The Balaban J connectivity index is 2.19. The Morgan fingerprint density at radius 1 is 1.29 bits per heavy atom. The van der Waals surface area contributed by atoms with Gasteiger partial charge in [0.25, 0.3) is 0 Å². The predicted molar refractivity (Wildman–Crippen MR) is 87.3 cm³/mol. The number of nitrogens with one attached hydrogen (secondary N) is 1. The molecule has 1 N–H and O–H groups in total. The van der Waals surface area contributed by atoms with Gasteiger partial charge in [0.2, 0.25) is 11.8 Å². The van der Waals surface area contributed by atoms with Gasteiger partial charge in [0.05, 0.1) is 0 Å². The van der Waals surface area contributed by atoms with Crippen LogP contribution in [0.25, 0.3) is 0 Å². The van der Waals surface area contributed by atoms with Gasteiger partial charge in [0.15, 0.2) is 0 Å². The van der Waals surface area contributed by atoms with Crippen LogP contribution in [0.1, 0.15) is 53.4 Å². The van der Waals surface area contributed by atoms with Crippen molar-refractivity contribution in [2.75, 3.05) is 5.75 Å². The van der Waals surface area contributed by atoms with Crippen LogP contribution in [0.15, 0.2) is 0 Å². The molecule has 1 aliphatic heterocycles. The van der Waals surface area contributed by atoms with Crippen LogP contribution >= 0.6 is 11.8 Å². The molecule has 0 aromatic heterocycles. The normalized spacial score (nSPS) is 33.7. The highest BCUT2D eigenvalue weighted by atomic mass is 32.2. The molecule has 0 aromatic carbocycles. The van der Waals surface area contributed by atoms with Crippen molar-refractivity contribution in [3.8, 4) is 0 Å². The average Bonchev–Trinajstić information content (AvgIpc) is 2.88.